The number of anilines is 3. The lowest BCUT2D eigenvalue weighted by Gasteiger charge is -2.36. The van der Waals surface area contributed by atoms with Crippen LogP contribution in [0.1, 0.15) is 25.9 Å². The van der Waals surface area contributed by atoms with Crippen molar-refractivity contribution >= 4 is 17.5 Å². The molecule has 0 radical (unpaired) electrons. The lowest BCUT2D eigenvalue weighted by atomic mass is 10.0. The largest absolute Gasteiger partial charge is 0.486 e. The Hall–Kier alpha value is -3.55. The molecule has 0 aliphatic carbocycles. The lowest BCUT2D eigenvalue weighted by Crippen LogP contribution is -2.39. The summed E-state index contributed by atoms with van der Waals surface area (Å²) >= 11 is 0. The summed E-state index contributed by atoms with van der Waals surface area (Å²) in [6.07, 6.45) is 5.58. The van der Waals surface area contributed by atoms with Crippen molar-refractivity contribution in [2.24, 2.45) is 0 Å². The molecule has 1 atom stereocenters. The van der Waals surface area contributed by atoms with Gasteiger partial charge in [0.25, 0.3) is 0 Å². The second kappa shape index (κ2) is 8.90. The molecule has 2 aliphatic heterocycles. The van der Waals surface area contributed by atoms with E-state index in [0.717, 1.165) is 43.2 Å². The highest BCUT2D eigenvalue weighted by Crippen LogP contribution is 2.37. The number of piperidine rings is 1. The predicted octanol–water partition coefficient (Wildman–Crippen LogP) is 3.78. The first-order valence-electron chi connectivity index (χ1n) is 11.0. The van der Waals surface area contributed by atoms with Gasteiger partial charge in [-0.3, -0.25) is 0 Å². The van der Waals surface area contributed by atoms with Crippen LogP contribution in [0, 0.1) is 0 Å². The monoisotopic (exact) mass is 434 g/mol. The summed E-state index contributed by atoms with van der Waals surface area (Å²) in [5.74, 6) is 2.85. The number of hydrogen-bond acceptors (Lipinski definition) is 8. The Morgan fingerprint density at radius 1 is 1.12 bits per heavy atom. The van der Waals surface area contributed by atoms with Gasteiger partial charge in [-0.15, -0.1) is 0 Å². The Balaban J connectivity index is 0.00000259. The van der Waals surface area contributed by atoms with Gasteiger partial charge in [-0.2, -0.15) is 4.98 Å². The van der Waals surface area contributed by atoms with Crippen LogP contribution in [-0.2, 0) is 0 Å². The summed E-state index contributed by atoms with van der Waals surface area (Å²) in [6, 6.07) is 14.9. The molecule has 2 aliphatic rings. The van der Waals surface area contributed by atoms with E-state index in [0.29, 0.717) is 24.5 Å². The van der Waals surface area contributed by atoms with Crippen LogP contribution in [0.25, 0.3) is 0 Å². The van der Waals surface area contributed by atoms with Crippen molar-refractivity contribution in [3.63, 3.8) is 0 Å². The van der Waals surface area contributed by atoms with E-state index in [-0.39, 0.29) is 7.47 Å². The summed E-state index contributed by atoms with van der Waals surface area (Å²) in [7, 11) is 3.71. The van der Waals surface area contributed by atoms with Crippen LogP contribution < -0.4 is 24.6 Å². The third-order valence-corrected chi connectivity index (χ3v) is 6.24. The minimum absolute atomic E-state index is 0. The fraction of sp³-hybridized carbons (Fsp3) is 0.375. The Kier molecular flexibility index (Phi) is 5.66. The highest BCUT2D eigenvalue weighted by molar-refractivity contribution is 5.57. The van der Waals surface area contributed by atoms with Gasteiger partial charge in [0.1, 0.15) is 6.61 Å². The summed E-state index contributed by atoms with van der Waals surface area (Å²) < 4.78 is 11.2. The van der Waals surface area contributed by atoms with Crippen molar-refractivity contribution < 1.29 is 10.9 Å². The molecule has 1 aromatic carbocycles. The van der Waals surface area contributed by atoms with Crippen molar-refractivity contribution in [3.8, 4) is 11.6 Å². The molecule has 168 valence electrons. The van der Waals surface area contributed by atoms with Crippen molar-refractivity contribution in [2.75, 3.05) is 49.0 Å². The maximum absolute atomic E-state index is 5.97. The van der Waals surface area contributed by atoms with E-state index in [2.05, 4.69) is 56.4 Å². The van der Waals surface area contributed by atoms with Crippen LogP contribution >= 0.6 is 0 Å². The number of hydrogen-bond donors (Lipinski definition) is 1. The fourth-order valence-electron chi connectivity index (χ4n) is 4.38. The molecular weight excluding hydrogens is 404 g/mol. The van der Waals surface area contributed by atoms with Gasteiger partial charge in [0, 0.05) is 45.6 Å². The smallest absolute Gasteiger partial charge is 0.225 e. The van der Waals surface area contributed by atoms with Gasteiger partial charge < -0.3 is 24.6 Å². The standard InChI is InChI=1S/C24H28N6O2.H2/c1-29-20(17-6-4-3-5-7-17)16-32-21-15-26-24(28-23(21)29)27-18-9-12-30(13-10-18)19-8-11-25-22(14-19)31-2;/h3-8,11,14-15,18,20H,9-10,12-13,16H2,1-2H3,(H,26,27,28);1H. The van der Waals surface area contributed by atoms with E-state index in [4.69, 9.17) is 14.5 Å². The highest BCUT2D eigenvalue weighted by Gasteiger charge is 2.28. The molecule has 0 saturated carbocycles. The first-order chi connectivity index (χ1) is 15.7. The Morgan fingerprint density at radius 2 is 1.94 bits per heavy atom. The minimum Gasteiger partial charge on any atom is -0.486 e. The van der Waals surface area contributed by atoms with Gasteiger partial charge in [0.15, 0.2) is 11.6 Å². The first-order valence-corrected chi connectivity index (χ1v) is 11.0. The quantitative estimate of drug-likeness (QED) is 0.650. The maximum Gasteiger partial charge on any atom is 0.225 e. The van der Waals surface area contributed by atoms with Gasteiger partial charge in [-0.1, -0.05) is 30.3 Å². The van der Waals surface area contributed by atoms with E-state index >= 15 is 0 Å². The molecule has 1 saturated heterocycles. The molecule has 1 unspecified atom stereocenters. The number of likely N-dealkylation sites (N-methyl/N-ethyl adjacent to an activating group) is 1. The number of benzene rings is 1. The summed E-state index contributed by atoms with van der Waals surface area (Å²) in [6.45, 7) is 2.49. The third-order valence-electron chi connectivity index (χ3n) is 6.24. The first kappa shape index (κ1) is 20.4. The van der Waals surface area contributed by atoms with Crippen LogP contribution in [-0.4, -0.2) is 54.8 Å². The second-order valence-corrected chi connectivity index (χ2v) is 8.19. The second-order valence-electron chi connectivity index (χ2n) is 8.19. The van der Waals surface area contributed by atoms with Crippen LogP contribution in [0.2, 0.25) is 0 Å². The van der Waals surface area contributed by atoms with Crippen LogP contribution in [0.4, 0.5) is 17.5 Å². The van der Waals surface area contributed by atoms with Crippen molar-refractivity contribution in [1.82, 2.24) is 15.0 Å². The number of methoxy groups -OCH3 is 1. The van der Waals surface area contributed by atoms with E-state index in [1.165, 1.54) is 5.56 Å². The molecule has 1 fully saturated rings. The number of pyridine rings is 1. The summed E-state index contributed by atoms with van der Waals surface area (Å²) in [5, 5.41) is 3.53. The highest BCUT2D eigenvalue weighted by atomic mass is 16.5. The van der Waals surface area contributed by atoms with E-state index < -0.39 is 0 Å². The SMILES string of the molecule is COc1cc(N2CCC(Nc3ncc4c(n3)N(C)C(c3ccccc3)CO4)CC2)ccn1.[HH]. The zero-order valence-electron chi connectivity index (χ0n) is 18.4. The molecule has 2 aromatic heterocycles. The Labute approximate surface area is 189 Å². The molecule has 3 aromatic rings. The molecule has 0 bridgehead atoms. The molecule has 1 N–H and O–H groups in total. The molecule has 8 nitrogen and oxygen atoms in total. The normalized spacial score (nSPS) is 18.6. The van der Waals surface area contributed by atoms with Crippen molar-refractivity contribution in [1.29, 1.82) is 0 Å². The number of rotatable bonds is 5. The number of aromatic nitrogens is 3. The molecule has 0 amide bonds. The minimum atomic E-state index is 0. The topological polar surface area (TPSA) is 75.6 Å². The van der Waals surface area contributed by atoms with E-state index in [1.807, 2.05) is 18.2 Å². The third kappa shape index (κ3) is 4.12. The zero-order valence-corrected chi connectivity index (χ0v) is 18.4. The molecule has 4 heterocycles. The van der Waals surface area contributed by atoms with Gasteiger partial charge in [0.2, 0.25) is 11.8 Å². The maximum atomic E-state index is 5.97. The predicted molar refractivity (Wildman–Crippen MR) is 127 cm³/mol. The number of nitrogens with zero attached hydrogens (tertiary/aromatic N) is 5. The molecule has 8 heteroatoms. The number of ether oxygens (including phenoxy) is 2. The average molecular weight is 435 g/mol. The number of nitrogens with one attached hydrogen (secondary N) is 1. The van der Waals surface area contributed by atoms with Gasteiger partial charge in [0.05, 0.1) is 19.3 Å². The molecule has 0 spiro atoms. The molecule has 5 rings (SSSR count). The van der Waals surface area contributed by atoms with Crippen molar-refractivity contribution in [3.05, 3.63) is 60.4 Å². The summed E-state index contributed by atoms with van der Waals surface area (Å²) in [4.78, 5) is 18.1. The number of fused-ring (bicyclic) bond motifs is 1. The van der Waals surface area contributed by atoms with Gasteiger partial charge in [-0.05, 0) is 24.5 Å². The van der Waals surface area contributed by atoms with Crippen molar-refractivity contribution in [2.45, 2.75) is 24.9 Å². The zero-order chi connectivity index (χ0) is 21.9. The van der Waals surface area contributed by atoms with Gasteiger partial charge >= 0.3 is 0 Å². The molecular formula is C24H30N6O2. The van der Waals surface area contributed by atoms with E-state index in [1.54, 1.807) is 19.5 Å². The van der Waals surface area contributed by atoms with Gasteiger partial charge in [-0.25, -0.2) is 9.97 Å². The molecule has 32 heavy (non-hydrogen) atoms. The Morgan fingerprint density at radius 3 is 2.72 bits per heavy atom. The lowest BCUT2D eigenvalue weighted by molar-refractivity contribution is 0.265. The summed E-state index contributed by atoms with van der Waals surface area (Å²) in [5.41, 5.74) is 2.36. The van der Waals surface area contributed by atoms with Crippen LogP contribution in [0.15, 0.2) is 54.9 Å². The van der Waals surface area contributed by atoms with Crippen LogP contribution in [0.5, 0.6) is 11.6 Å². The van der Waals surface area contributed by atoms with Crippen LogP contribution in [0.3, 0.4) is 0 Å². The average Bonchev–Trinajstić information content (AvgIpc) is 2.86. The fourth-order valence-corrected chi connectivity index (χ4v) is 4.38. The Bertz CT molecular complexity index is 1060. The van der Waals surface area contributed by atoms with E-state index in [9.17, 15) is 0 Å².